The van der Waals surface area contributed by atoms with E-state index >= 15 is 0 Å². The molecule has 2 nitrogen and oxygen atoms in total. The van der Waals surface area contributed by atoms with Gasteiger partial charge in [-0.3, -0.25) is 0 Å². The summed E-state index contributed by atoms with van der Waals surface area (Å²) >= 11 is 0. The number of carboxylic acid groups (broad SMARTS) is 1. The van der Waals surface area contributed by atoms with Crippen molar-refractivity contribution in [2.24, 2.45) is 0 Å². The normalized spacial score (nSPS) is 10.4. The molecule has 1 N–H and O–H groups in total. The first-order chi connectivity index (χ1) is 12.3. The molecule has 146 valence electrons. The summed E-state index contributed by atoms with van der Waals surface area (Å²) in [6.07, 6.45) is 25.4. The van der Waals surface area contributed by atoms with Gasteiger partial charge >= 0.3 is 5.97 Å². The molecule has 0 aliphatic rings. The van der Waals surface area contributed by atoms with Crippen LogP contribution >= 0.6 is 0 Å². The number of rotatable bonds is 18. The van der Waals surface area contributed by atoms with Crippen molar-refractivity contribution in [2.45, 2.75) is 129 Å². The lowest BCUT2D eigenvalue weighted by atomic mass is 10.0. The molecular weight excluding hydrogens is 308 g/mol. The Labute approximate surface area is 157 Å². The van der Waals surface area contributed by atoms with Crippen molar-refractivity contribution >= 4 is 5.97 Å². The minimum atomic E-state index is -1.01. The molecule has 0 bridgehead atoms. The van der Waals surface area contributed by atoms with Crippen LogP contribution in [-0.2, 0) is 4.79 Å². The van der Waals surface area contributed by atoms with Crippen LogP contribution in [0.15, 0.2) is 0 Å². The Hall–Kier alpha value is -0.970. The zero-order valence-electron chi connectivity index (χ0n) is 16.8. The third-order valence-corrected chi connectivity index (χ3v) is 4.85. The Morgan fingerprint density at radius 3 is 1.24 bits per heavy atom. The second kappa shape index (κ2) is 21.1. The fourth-order valence-electron chi connectivity index (χ4n) is 3.25. The Morgan fingerprint density at radius 1 is 0.600 bits per heavy atom. The maximum absolute atomic E-state index is 10.2. The first-order valence-corrected chi connectivity index (χ1v) is 11.0. The molecule has 0 aromatic rings. The van der Waals surface area contributed by atoms with Gasteiger partial charge in [-0.1, -0.05) is 122 Å². The molecule has 0 atom stereocenters. The first-order valence-electron chi connectivity index (χ1n) is 11.0. The Balaban J connectivity index is 3.03. The van der Waals surface area contributed by atoms with Gasteiger partial charge in [0, 0.05) is 12.3 Å². The van der Waals surface area contributed by atoms with E-state index in [0.29, 0.717) is 0 Å². The highest BCUT2D eigenvalue weighted by atomic mass is 16.4. The van der Waals surface area contributed by atoms with Crippen LogP contribution in [0.25, 0.3) is 0 Å². The SMILES string of the molecule is CCCCCCCCCCCCCCCCCCCCC#CC(=O)O. The highest BCUT2D eigenvalue weighted by Crippen LogP contribution is 2.14. The van der Waals surface area contributed by atoms with Gasteiger partial charge < -0.3 is 5.11 Å². The van der Waals surface area contributed by atoms with Crippen molar-refractivity contribution in [1.29, 1.82) is 0 Å². The van der Waals surface area contributed by atoms with Crippen molar-refractivity contribution in [2.75, 3.05) is 0 Å². The average molecular weight is 351 g/mol. The third-order valence-electron chi connectivity index (χ3n) is 4.85. The maximum Gasteiger partial charge on any atom is 0.381 e. The van der Waals surface area contributed by atoms with Crippen LogP contribution in [0.5, 0.6) is 0 Å². The summed E-state index contributed by atoms with van der Waals surface area (Å²) in [4.78, 5) is 10.2. The van der Waals surface area contributed by atoms with E-state index in [0.717, 1.165) is 12.8 Å². The van der Waals surface area contributed by atoms with Gasteiger partial charge in [-0.25, -0.2) is 4.79 Å². The van der Waals surface area contributed by atoms with E-state index in [1.165, 1.54) is 109 Å². The average Bonchev–Trinajstić information content (AvgIpc) is 2.60. The number of unbranched alkanes of at least 4 members (excludes halogenated alkanes) is 18. The van der Waals surface area contributed by atoms with Crippen LogP contribution in [0.3, 0.4) is 0 Å². The van der Waals surface area contributed by atoms with Crippen LogP contribution in [0.1, 0.15) is 129 Å². The monoisotopic (exact) mass is 350 g/mol. The maximum atomic E-state index is 10.2. The molecule has 0 fully saturated rings. The summed E-state index contributed by atoms with van der Waals surface area (Å²) in [6.45, 7) is 2.28. The first kappa shape index (κ1) is 24.0. The molecule has 0 heterocycles. The zero-order chi connectivity index (χ0) is 18.4. The molecule has 0 aliphatic heterocycles. The summed E-state index contributed by atoms with van der Waals surface area (Å²) in [5.41, 5.74) is 0. The lowest BCUT2D eigenvalue weighted by Crippen LogP contribution is -1.86. The van der Waals surface area contributed by atoms with Gasteiger partial charge in [0.15, 0.2) is 0 Å². The second-order valence-corrected chi connectivity index (χ2v) is 7.37. The zero-order valence-corrected chi connectivity index (χ0v) is 16.8. The van der Waals surface area contributed by atoms with E-state index in [9.17, 15) is 4.79 Å². The summed E-state index contributed by atoms with van der Waals surface area (Å²) in [7, 11) is 0. The summed E-state index contributed by atoms with van der Waals surface area (Å²) < 4.78 is 0. The highest BCUT2D eigenvalue weighted by Gasteiger charge is 1.95. The van der Waals surface area contributed by atoms with E-state index in [4.69, 9.17) is 5.11 Å². The fourth-order valence-corrected chi connectivity index (χ4v) is 3.25. The van der Waals surface area contributed by atoms with E-state index < -0.39 is 5.97 Å². The number of hydrogen-bond donors (Lipinski definition) is 1. The number of carbonyl (C=O) groups is 1. The molecule has 0 saturated carbocycles. The summed E-state index contributed by atoms with van der Waals surface area (Å²) in [6, 6.07) is 0. The van der Waals surface area contributed by atoms with Gasteiger partial charge in [-0.2, -0.15) is 0 Å². The highest BCUT2D eigenvalue weighted by molar-refractivity contribution is 5.86. The Kier molecular flexibility index (Phi) is 20.3. The molecule has 0 aromatic carbocycles. The lowest BCUT2D eigenvalue weighted by molar-refractivity contribution is -0.130. The molecule has 0 saturated heterocycles. The lowest BCUT2D eigenvalue weighted by Gasteiger charge is -2.03. The molecule has 0 unspecified atom stereocenters. The number of carboxylic acids is 1. The van der Waals surface area contributed by atoms with Gasteiger partial charge in [-0.15, -0.1) is 0 Å². The third kappa shape index (κ3) is 23.0. The largest absolute Gasteiger partial charge is 0.472 e. The van der Waals surface area contributed by atoms with Gasteiger partial charge in [0.1, 0.15) is 0 Å². The van der Waals surface area contributed by atoms with Crippen molar-refractivity contribution in [3.63, 3.8) is 0 Å². The van der Waals surface area contributed by atoms with Crippen molar-refractivity contribution in [1.82, 2.24) is 0 Å². The molecule has 0 rings (SSSR count). The van der Waals surface area contributed by atoms with Crippen LogP contribution in [0, 0.1) is 11.8 Å². The molecule has 0 amide bonds. The van der Waals surface area contributed by atoms with E-state index in [2.05, 4.69) is 18.8 Å². The standard InChI is InChI=1S/C23H42O2/c1-2-3-4-5-6-7-8-9-10-11-12-13-14-15-16-17-18-19-20-21-22-23(24)25/h2-20H2,1H3,(H,24,25). The van der Waals surface area contributed by atoms with E-state index in [-0.39, 0.29) is 0 Å². The topological polar surface area (TPSA) is 37.3 Å². The molecule has 0 aliphatic carbocycles. The van der Waals surface area contributed by atoms with Gasteiger partial charge in [0.05, 0.1) is 0 Å². The molecule has 25 heavy (non-hydrogen) atoms. The predicted octanol–water partition coefficient (Wildman–Crippen LogP) is 7.51. The fraction of sp³-hybridized carbons (Fsp3) is 0.870. The molecule has 0 aromatic heterocycles. The Bertz CT molecular complexity index is 338. The number of hydrogen-bond acceptors (Lipinski definition) is 1. The van der Waals surface area contributed by atoms with Crippen LogP contribution in [0.4, 0.5) is 0 Å². The van der Waals surface area contributed by atoms with E-state index in [1.54, 1.807) is 0 Å². The van der Waals surface area contributed by atoms with Crippen molar-refractivity contribution < 1.29 is 9.90 Å². The van der Waals surface area contributed by atoms with Crippen molar-refractivity contribution in [3.8, 4) is 11.8 Å². The van der Waals surface area contributed by atoms with Crippen LogP contribution in [0.2, 0.25) is 0 Å². The number of aliphatic carboxylic acids is 1. The van der Waals surface area contributed by atoms with Crippen LogP contribution in [-0.4, -0.2) is 11.1 Å². The van der Waals surface area contributed by atoms with Crippen molar-refractivity contribution in [3.05, 3.63) is 0 Å². The van der Waals surface area contributed by atoms with E-state index in [1.807, 2.05) is 0 Å². The van der Waals surface area contributed by atoms with Gasteiger partial charge in [0.25, 0.3) is 0 Å². The second-order valence-electron chi connectivity index (χ2n) is 7.37. The molecule has 0 spiro atoms. The Morgan fingerprint density at radius 2 is 0.920 bits per heavy atom. The predicted molar refractivity (Wildman–Crippen MR) is 109 cm³/mol. The molecule has 2 heteroatoms. The molecular formula is C23H42O2. The summed E-state index contributed by atoms with van der Waals surface area (Å²) in [5.74, 6) is 3.85. The minimum absolute atomic E-state index is 0.727. The van der Waals surface area contributed by atoms with Gasteiger partial charge in [-0.05, 0) is 6.42 Å². The smallest absolute Gasteiger partial charge is 0.381 e. The van der Waals surface area contributed by atoms with Gasteiger partial charge in [0.2, 0.25) is 0 Å². The summed E-state index contributed by atoms with van der Waals surface area (Å²) in [5, 5.41) is 8.39. The minimum Gasteiger partial charge on any atom is -0.472 e. The molecule has 0 radical (unpaired) electrons. The van der Waals surface area contributed by atoms with Crippen LogP contribution < -0.4 is 0 Å². The quantitative estimate of drug-likeness (QED) is 0.205.